The lowest BCUT2D eigenvalue weighted by atomic mass is 9.63. The fourth-order valence-corrected chi connectivity index (χ4v) is 5.60. The summed E-state index contributed by atoms with van der Waals surface area (Å²) in [7, 11) is 0. The molecule has 2 unspecified atom stereocenters. The molecule has 1 heterocycles. The highest BCUT2D eigenvalue weighted by molar-refractivity contribution is 6.30. The lowest BCUT2D eigenvalue weighted by Crippen LogP contribution is -2.48. The number of non-ortho nitro benzene ring substituents is 1. The van der Waals surface area contributed by atoms with Gasteiger partial charge in [-0.2, -0.15) is 0 Å². The number of rotatable bonds is 3. The lowest BCUT2D eigenvalue weighted by molar-refractivity contribution is -0.384. The minimum atomic E-state index is -0.886. The average molecular weight is 437 g/mol. The van der Waals surface area contributed by atoms with Crippen LogP contribution in [0.25, 0.3) is 11.0 Å². The van der Waals surface area contributed by atoms with Crippen molar-refractivity contribution >= 4 is 39.9 Å². The lowest BCUT2D eigenvalue weighted by Gasteiger charge is -2.39. The van der Waals surface area contributed by atoms with Gasteiger partial charge in [0.25, 0.3) is 5.69 Å². The Balaban J connectivity index is 1.69. The van der Waals surface area contributed by atoms with Gasteiger partial charge in [0.05, 0.1) is 32.8 Å². The van der Waals surface area contributed by atoms with E-state index in [-0.39, 0.29) is 17.0 Å². The number of nitro benzene ring substituents is 1. The number of nitrogens with zero attached hydrogens (tertiary/aromatic N) is 3. The van der Waals surface area contributed by atoms with E-state index in [1.54, 1.807) is 30.3 Å². The zero-order valence-corrected chi connectivity index (χ0v) is 18.2. The summed E-state index contributed by atoms with van der Waals surface area (Å²) in [5.41, 5.74) is 1.43. The molecule has 1 N–H and O–H groups in total. The third kappa shape index (κ3) is 2.44. The molecule has 8 heteroatoms. The maximum absolute atomic E-state index is 13.8. The minimum Gasteiger partial charge on any atom is -0.325 e. The molecule has 2 aromatic carbocycles. The zero-order valence-electron chi connectivity index (χ0n) is 17.4. The number of anilines is 1. The summed E-state index contributed by atoms with van der Waals surface area (Å²) >= 11 is 5.98. The van der Waals surface area contributed by atoms with E-state index in [2.05, 4.69) is 26.1 Å². The number of amides is 1. The van der Waals surface area contributed by atoms with Crippen LogP contribution in [-0.4, -0.2) is 20.8 Å². The second-order valence-electron chi connectivity index (χ2n) is 9.17. The van der Waals surface area contributed by atoms with Crippen molar-refractivity contribution in [2.24, 2.45) is 5.41 Å². The summed E-state index contributed by atoms with van der Waals surface area (Å²) in [5.74, 6) is -0.138. The fourth-order valence-electron chi connectivity index (χ4n) is 5.48. The van der Waals surface area contributed by atoms with Crippen molar-refractivity contribution in [1.82, 2.24) is 9.97 Å². The average Bonchev–Trinajstić information content (AvgIpc) is 3.03. The van der Waals surface area contributed by atoms with Crippen LogP contribution in [0.3, 0.4) is 0 Å². The first-order chi connectivity index (χ1) is 14.6. The second-order valence-corrected chi connectivity index (χ2v) is 9.61. The van der Waals surface area contributed by atoms with Crippen LogP contribution in [0.15, 0.2) is 42.5 Å². The molecule has 5 rings (SSSR count). The molecule has 158 valence electrons. The molecule has 0 radical (unpaired) electrons. The van der Waals surface area contributed by atoms with Gasteiger partial charge in [-0.1, -0.05) is 32.4 Å². The molecule has 1 amide bonds. The number of halogens is 1. The number of carbonyl (C=O) groups excluding carboxylic acids is 1. The Hall–Kier alpha value is -3.06. The van der Waals surface area contributed by atoms with Crippen molar-refractivity contribution in [1.29, 1.82) is 0 Å². The first kappa shape index (κ1) is 19.9. The molecule has 7 nitrogen and oxygen atoms in total. The van der Waals surface area contributed by atoms with Crippen LogP contribution in [0.5, 0.6) is 0 Å². The Labute approximate surface area is 184 Å². The molecule has 2 atom stereocenters. The molecule has 2 aliphatic rings. The van der Waals surface area contributed by atoms with Crippen molar-refractivity contribution in [2.75, 3.05) is 5.32 Å². The Morgan fingerprint density at radius 1 is 1.03 bits per heavy atom. The summed E-state index contributed by atoms with van der Waals surface area (Å²) in [4.78, 5) is 34.3. The van der Waals surface area contributed by atoms with E-state index in [0.717, 1.165) is 12.1 Å². The molecular formula is C23H21ClN4O3. The summed E-state index contributed by atoms with van der Waals surface area (Å²) in [5, 5.41) is 14.9. The number of aromatic nitrogens is 2. The number of carbonyl (C=O) groups is 1. The predicted octanol–water partition coefficient (Wildman–Crippen LogP) is 5.16. The maximum atomic E-state index is 13.8. The van der Waals surface area contributed by atoms with Crippen LogP contribution in [0.2, 0.25) is 5.02 Å². The fraction of sp³-hybridized carbons (Fsp3) is 0.348. The van der Waals surface area contributed by atoms with E-state index >= 15 is 0 Å². The standard InChI is InChI=1S/C23H21ClN4O3/c1-21(2)22(3)10-11-23(21,20(29)25-14-6-4-13(24)5-7-14)19-18(22)26-16-9-8-15(28(30)31)12-17(16)27-19/h4-9,12H,10-11H2,1-3H3,(H,25,29). The molecule has 2 bridgehead atoms. The van der Waals surface area contributed by atoms with Gasteiger partial charge < -0.3 is 5.32 Å². The first-order valence-corrected chi connectivity index (χ1v) is 10.5. The van der Waals surface area contributed by atoms with Gasteiger partial charge in [0.1, 0.15) is 0 Å². The Bertz CT molecular complexity index is 1270. The molecule has 31 heavy (non-hydrogen) atoms. The number of hydrogen-bond donors (Lipinski definition) is 1. The van der Waals surface area contributed by atoms with E-state index in [9.17, 15) is 14.9 Å². The van der Waals surface area contributed by atoms with Gasteiger partial charge >= 0.3 is 0 Å². The molecule has 1 saturated carbocycles. The van der Waals surface area contributed by atoms with Crippen molar-refractivity contribution in [3.63, 3.8) is 0 Å². The van der Waals surface area contributed by atoms with Crippen LogP contribution >= 0.6 is 11.6 Å². The number of fused-ring (bicyclic) bond motifs is 6. The van der Waals surface area contributed by atoms with E-state index in [1.165, 1.54) is 12.1 Å². The van der Waals surface area contributed by atoms with E-state index in [4.69, 9.17) is 21.6 Å². The van der Waals surface area contributed by atoms with Gasteiger partial charge in [-0.15, -0.1) is 0 Å². The van der Waals surface area contributed by atoms with Gasteiger partial charge in [-0.25, -0.2) is 9.97 Å². The normalized spacial score (nSPS) is 25.4. The number of benzene rings is 2. The molecule has 0 saturated heterocycles. The summed E-state index contributed by atoms with van der Waals surface area (Å²) in [6, 6.07) is 11.5. The smallest absolute Gasteiger partial charge is 0.271 e. The maximum Gasteiger partial charge on any atom is 0.271 e. The van der Waals surface area contributed by atoms with Crippen LogP contribution in [0, 0.1) is 15.5 Å². The zero-order chi connectivity index (χ0) is 22.2. The number of nitro groups is 1. The molecule has 2 aliphatic carbocycles. The number of hydrogen-bond acceptors (Lipinski definition) is 5. The molecule has 0 aliphatic heterocycles. The summed E-state index contributed by atoms with van der Waals surface area (Å²) < 4.78 is 0. The van der Waals surface area contributed by atoms with Crippen LogP contribution in [0.1, 0.15) is 45.0 Å². The van der Waals surface area contributed by atoms with Crippen molar-refractivity contribution < 1.29 is 9.72 Å². The Morgan fingerprint density at radius 3 is 2.39 bits per heavy atom. The number of nitrogens with one attached hydrogen (secondary N) is 1. The molecule has 1 aromatic heterocycles. The molecule has 1 fully saturated rings. The van der Waals surface area contributed by atoms with Gasteiger partial charge in [-0.3, -0.25) is 14.9 Å². The highest BCUT2D eigenvalue weighted by atomic mass is 35.5. The predicted molar refractivity (Wildman–Crippen MR) is 118 cm³/mol. The Morgan fingerprint density at radius 2 is 1.71 bits per heavy atom. The first-order valence-electron chi connectivity index (χ1n) is 10.1. The van der Waals surface area contributed by atoms with Gasteiger partial charge in [0.2, 0.25) is 5.91 Å². The topological polar surface area (TPSA) is 98.0 Å². The van der Waals surface area contributed by atoms with Crippen molar-refractivity contribution in [2.45, 2.75) is 44.4 Å². The van der Waals surface area contributed by atoms with Gasteiger partial charge in [0.15, 0.2) is 0 Å². The molecule has 3 aromatic rings. The van der Waals surface area contributed by atoms with Crippen LogP contribution < -0.4 is 5.32 Å². The molecular weight excluding hydrogens is 416 g/mol. The highest BCUT2D eigenvalue weighted by Gasteiger charge is 2.73. The second kappa shape index (κ2) is 6.23. The highest BCUT2D eigenvalue weighted by Crippen LogP contribution is 2.70. The summed E-state index contributed by atoms with van der Waals surface area (Å²) in [6.45, 7) is 6.33. The third-order valence-electron chi connectivity index (χ3n) is 7.72. The van der Waals surface area contributed by atoms with E-state index in [1.807, 2.05) is 0 Å². The SMILES string of the molecule is CC12CCC(C(=O)Nc3ccc(Cl)cc3)(c3nc4cc([N+](=O)[O-])ccc4nc31)C2(C)C. The molecule has 0 spiro atoms. The quantitative estimate of drug-likeness (QED) is 0.451. The van der Waals surface area contributed by atoms with Crippen LogP contribution in [-0.2, 0) is 15.6 Å². The van der Waals surface area contributed by atoms with E-state index in [0.29, 0.717) is 33.9 Å². The van der Waals surface area contributed by atoms with E-state index < -0.39 is 15.8 Å². The monoisotopic (exact) mass is 436 g/mol. The largest absolute Gasteiger partial charge is 0.325 e. The van der Waals surface area contributed by atoms with Crippen LogP contribution in [0.4, 0.5) is 11.4 Å². The minimum absolute atomic E-state index is 0.0463. The van der Waals surface area contributed by atoms with Crippen molar-refractivity contribution in [3.05, 3.63) is 69.0 Å². The van der Waals surface area contributed by atoms with Gasteiger partial charge in [-0.05, 0) is 48.6 Å². The third-order valence-corrected chi connectivity index (χ3v) is 7.97. The van der Waals surface area contributed by atoms with Gasteiger partial charge in [0, 0.05) is 28.3 Å². The Kier molecular flexibility index (Phi) is 3.99. The summed E-state index contributed by atoms with van der Waals surface area (Å²) in [6.07, 6.45) is 1.45. The van der Waals surface area contributed by atoms with Crippen molar-refractivity contribution in [3.8, 4) is 0 Å².